The van der Waals surface area contributed by atoms with Crippen molar-refractivity contribution in [3.05, 3.63) is 92.0 Å². The maximum absolute atomic E-state index is 12.6. The zero-order valence-electron chi connectivity index (χ0n) is 19.7. The van der Waals surface area contributed by atoms with Crippen LogP contribution in [0.2, 0.25) is 0 Å². The van der Waals surface area contributed by atoms with Gasteiger partial charge in [0.15, 0.2) is 11.5 Å². The third-order valence-electron chi connectivity index (χ3n) is 4.86. The smallest absolute Gasteiger partial charge is 0.318 e. The predicted molar refractivity (Wildman–Crippen MR) is 133 cm³/mol. The van der Waals surface area contributed by atoms with E-state index in [4.69, 9.17) is 14.2 Å². The number of methoxy groups -OCH3 is 1. The van der Waals surface area contributed by atoms with Crippen LogP contribution in [0.15, 0.2) is 66.2 Å². The molecule has 0 aromatic heterocycles. The molecule has 3 aromatic carbocycles. The average Bonchev–Trinajstić information content (AvgIpc) is 2.89. The number of amides is 1. The summed E-state index contributed by atoms with van der Waals surface area (Å²) in [6.45, 7) is 2.36. The highest BCUT2D eigenvalue weighted by atomic mass is 16.6. The molecule has 12 heteroatoms. The molecule has 0 radical (unpaired) electrons. The summed E-state index contributed by atoms with van der Waals surface area (Å²) in [4.78, 5) is 33.4. The molecule has 0 fully saturated rings. The molecule has 0 saturated heterocycles. The van der Waals surface area contributed by atoms with E-state index in [1.54, 1.807) is 24.3 Å². The lowest BCUT2D eigenvalue weighted by molar-refractivity contribution is -0.394. The molecule has 0 bridgehead atoms. The summed E-state index contributed by atoms with van der Waals surface area (Å²) >= 11 is 0. The Balaban J connectivity index is 1.83. The fraction of sp³-hybridized carbons (Fsp3) is 0.120. The Bertz CT molecular complexity index is 1410. The van der Waals surface area contributed by atoms with Crippen LogP contribution in [0, 0.1) is 31.6 Å². The van der Waals surface area contributed by atoms with Gasteiger partial charge in [-0.25, -0.2) is 0 Å². The Morgan fingerprint density at radius 3 is 2.30 bits per heavy atom. The van der Waals surface area contributed by atoms with Crippen molar-refractivity contribution in [2.24, 2.45) is 0 Å². The largest absolute Gasteiger partial charge is 0.494 e. The van der Waals surface area contributed by atoms with E-state index < -0.39 is 27.1 Å². The van der Waals surface area contributed by atoms with E-state index in [-0.39, 0.29) is 22.8 Å². The second kappa shape index (κ2) is 11.8. The van der Waals surface area contributed by atoms with Gasteiger partial charge in [-0.1, -0.05) is 6.07 Å². The maximum atomic E-state index is 12.6. The van der Waals surface area contributed by atoms with Gasteiger partial charge in [0.05, 0.1) is 29.6 Å². The van der Waals surface area contributed by atoms with Gasteiger partial charge in [-0.2, -0.15) is 5.26 Å². The lowest BCUT2D eigenvalue weighted by Crippen LogP contribution is -2.13. The normalized spacial score (nSPS) is 10.7. The summed E-state index contributed by atoms with van der Waals surface area (Å²) in [5.74, 6) is 0.00154. The van der Waals surface area contributed by atoms with E-state index in [9.17, 15) is 30.3 Å². The highest BCUT2D eigenvalue weighted by Crippen LogP contribution is 2.38. The van der Waals surface area contributed by atoms with E-state index in [0.717, 1.165) is 18.2 Å². The minimum Gasteiger partial charge on any atom is -0.494 e. The van der Waals surface area contributed by atoms with Crippen molar-refractivity contribution < 1.29 is 28.9 Å². The van der Waals surface area contributed by atoms with Gasteiger partial charge in [0.1, 0.15) is 17.4 Å². The molecule has 188 valence electrons. The number of nitrogens with zero attached hydrogens (tertiary/aromatic N) is 3. The predicted octanol–water partition coefficient (Wildman–Crippen LogP) is 5.25. The number of nitro groups is 2. The first kappa shape index (κ1) is 26.2. The molecule has 1 amide bonds. The molecule has 0 aliphatic carbocycles. The van der Waals surface area contributed by atoms with Crippen LogP contribution in [0.1, 0.15) is 12.5 Å². The van der Waals surface area contributed by atoms with Gasteiger partial charge in [0.2, 0.25) is 5.75 Å². The van der Waals surface area contributed by atoms with Crippen molar-refractivity contribution >= 4 is 29.0 Å². The van der Waals surface area contributed by atoms with Crippen LogP contribution in [0.3, 0.4) is 0 Å². The zero-order chi connectivity index (χ0) is 26.9. The molecule has 12 nitrogen and oxygen atoms in total. The second-order valence-electron chi connectivity index (χ2n) is 7.26. The van der Waals surface area contributed by atoms with Crippen LogP contribution >= 0.6 is 0 Å². The first-order valence-corrected chi connectivity index (χ1v) is 10.7. The SMILES string of the molecule is CCOc1ccc(NC(=O)/C(C#N)=C/c2ccc(Oc3ccc([N+](=O)[O-])cc3[N+](=O)[O-])c(OC)c2)cc1. The van der Waals surface area contributed by atoms with E-state index >= 15 is 0 Å². The molecule has 37 heavy (non-hydrogen) atoms. The molecular formula is C25H20N4O8. The minimum absolute atomic E-state index is 0.0777. The average molecular weight is 504 g/mol. The standard InChI is InChI=1S/C25H20N4O8/c1-3-36-20-8-5-18(6-9-20)27-25(30)17(15-26)12-16-4-10-23(24(13-16)35-2)37-22-11-7-19(28(31)32)14-21(22)29(33)34/h4-14H,3H2,1-2H3,(H,27,30)/b17-12+. The topological polar surface area (TPSA) is 167 Å². The number of carbonyl (C=O) groups is 1. The van der Waals surface area contributed by atoms with Crippen LogP contribution in [-0.2, 0) is 4.79 Å². The maximum Gasteiger partial charge on any atom is 0.318 e. The van der Waals surface area contributed by atoms with Crippen molar-refractivity contribution in [1.82, 2.24) is 0 Å². The van der Waals surface area contributed by atoms with Gasteiger partial charge >= 0.3 is 5.69 Å². The van der Waals surface area contributed by atoms with Crippen molar-refractivity contribution in [3.63, 3.8) is 0 Å². The minimum atomic E-state index is -0.798. The molecule has 0 aliphatic rings. The van der Waals surface area contributed by atoms with Gasteiger partial charge < -0.3 is 19.5 Å². The number of nitriles is 1. The lowest BCUT2D eigenvalue weighted by atomic mass is 10.1. The van der Waals surface area contributed by atoms with Crippen molar-refractivity contribution in [1.29, 1.82) is 5.26 Å². The summed E-state index contributed by atoms with van der Waals surface area (Å²) in [6.07, 6.45) is 1.34. The molecular weight excluding hydrogens is 484 g/mol. The third-order valence-corrected chi connectivity index (χ3v) is 4.86. The number of hydrogen-bond donors (Lipinski definition) is 1. The number of nitrogens with one attached hydrogen (secondary N) is 1. The lowest BCUT2D eigenvalue weighted by Gasteiger charge is -2.11. The molecule has 0 spiro atoms. The number of non-ortho nitro benzene ring substituents is 1. The van der Waals surface area contributed by atoms with Gasteiger partial charge in [-0.15, -0.1) is 0 Å². The third kappa shape index (κ3) is 6.58. The first-order valence-electron chi connectivity index (χ1n) is 10.7. The van der Waals surface area contributed by atoms with Crippen LogP contribution in [0.5, 0.6) is 23.0 Å². The molecule has 3 aromatic rings. The Kier molecular flexibility index (Phi) is 8.35. The molecule has 0 heterocycles. The van der Waals surface area contributed by atoms with Gasteiger partial charge in [0, 0.05) is 11.8 Å². The number of anilines is 1. The summed E-state index contributed by atoms with van der Waals surface area (Å²) in [7, 11) is 1.34. The van der Waals surface area contributed by atoms with E-state index in [1.807, 2.05) is 13.0 Å². The first-order chi connectivity index (χ1) is 17.7. The fourth-order valence-electron chi connectivity index (χ4n) is 3.14. The Morgan fingerprint density at radius 1 is 1.00 bits per heavy atom. The molecule has 0 unspecified atom stereocenters. The number of carbonyl (C=O) groups excluding carboxylic acids is 1. The van der Waals surface area contributed by atoms with Crippen molar-refractivity contribution in [3.8, 4) is 29.1 Å². The highest BCUT2D eigenvalue weighted by Gasteiger charge is 2.22. The fourth-order valence-corrected chi connectivity index (χ4v) is 3.14. The van der Waals surface area contributed by atoms with Gasteiger partial charge in [-0.3, -0.25) is 25.0 Å². The Labute approximate surface area is 210 Å². The molecule has 0 saturated carbocycles. The number of benzene rings is 3. The summed E-state index contributed by atoms with van der Waals surface area (Å²) in [5.41, 5.74) is -0.353. The zero-order valence-corrected chi connectivity index (χ0v) is 19.7. The van der Waals surface area contributed by atoms with Gasteiger partial charge in [0.25, 0.3) is 11.6 Å². The van der Waals surface area contributed by atoms with E-state index in [1.165, 1.54) is 31.4 Å². The molecule has 3 rings (SSSR count). The van der Waals surface area contributed by atoms with Crippen LogP contribution < -0.4 is 19.5 Å². The number of nitro benzene ring substituents is 2. The number of ether oxygens (including phenoxy) is 3. The summed E-state index contributed by atoms with van der Waals surface area (Å²) in [5, 5.41) is 34.5. The van der Waals surface area contributed by atoms with Crippen LogP contribution in [-0.4, -0.2) is 29.5 Å². The monoisotopic (exact) mass is 504 g/mol. The molecule has 1 N–H and O–H groups in total. The quantitative estimate of drug-likeness (QED) is 0.168. The van der Waals surface area contributed by atoms with Crippen molar-refractivity contribution in [2.75, 3.05) is 19.0 Å². The molecule has 0 atom stereocenters. The highest BCUT2D eigenvalue weighted by molar-refractivity contribution is 6.09. The molecule has 0 aliphatic heterocycles. The summed E-state index contributed by atoms with van der Waals surface area (Å²) in [6, 6.07) is 15.9. The Morgan fingerprint density at radius 2 is 1.70 bits per heavy atom. The number of hydrogen-bond acceptors (Lipinski definition) is 9. The second-order valence-corrected chi connectivity index (χ2v) is 7.26. The van der Waals surface area contributed by atoms with Crippen molar-refractivity contribution in [2.45, 2.75) is 6.92 Å². The van der Waals surface area contributed by atoms with Gasteiger partial charge in [-0.05, 0) is 61.0 Å². The van der Waals surface area contributed by atoms with E-state index in [2.05, 4.69) is 5.32 Å². The van der Waals surface area contributed by atoms with Crippen LogP contribution in [0.4, 0.5) is 17.1 Å². The van der Waals surface area contributed by atoms with E-state index in [0.29, 0.717) is 23.6 Å². The summed E-state index contributed by atoms with van der Waals surface area (Å²) < 4.78 is 16.3. The van der Waals surface area contributed by atoms with Crippen LogP contribution in [0.25, 0.3) is 6.08 Å². The Hall–Kier alpha value is -5.44. The number of rotatable bonds is 10.